The van der Waals surface area contributed by atoms with E-state index in [1.807, 2.05) is 13.8 Å². The second-order valence-corrected chi connectivity index (χ2v) is 6.18. The van der Waals surface area contributed by atoms with Crippen LogP contribution >= 0.6 is 11.6 Å². The molecule has 0 saturated heterocycles. The van der Waals surface area contributed by atoms with Gasteiger partial charge in [-0.15, -0.1) is 0 Å². The lowest BCUT2D eigenvalue weighted by atomic mass is 10.1. The van der Waals surface area contributed by atoms with Crippen LogP contribution in [0, 0.1) is 13.8 Å². The van der Waals surface area contributed by atoms with Gasteiger partial charge in [0.25, 0.3) is 5.56 Å². The highest BCUT2D eigenvalue weighted by atomic mass is 35.5. The van der Waals surface area contributed by atoms with E-state index in [-0.39, 0.29) is 18.1 Å². The van der Waals surface area contributed by atoms with Crippen LogP contribution in [0.5, 0.6) is 0 Å². The van der Waals surface area contributed by atoms with Crippen molar-refractivity contribution in [1.29, 1.82) is 0 Å². The quantitative estimate of drug-likeness (QED) is 0.763. The first-order chi connectivity index (χ1) is 12.4. The molecule has 8 heteroatoms. The maximum atomic E-state index is 12.2. The van der Waals surface area contributed by atoms with Crippen molar-refractivity contribution in [1.82, 2.24) is 19.7 Å². The van der Waals surface area contributed by atoms with Crippen LogP contribution in [0.25, 0.3) is 11.3 Å². The molecule has 7 nitrogen and oxygen atoms in total. The number of rotatable bonds is 4. The molecule has 1 N–H and O–H groups in total. The van der Waals surface area contributed by atoms with Gasteiger partial charge in [-0.05, 0) is 38.1 Å². The number of nitrogens with zero attached hydrogens (tertiary/aromatic N) is 4. The summed E-state index contributed by atoms with van der Waals surface area (Å²) < 4.78 is 1.10. The summed E-state index contributed by atoms with van der Waals surface area (Å²) >= 11 is 5.88. The van der Waals surface area contributed by atoms with E-state index in [2.05, 4.69) is 20.4 Å². The first-order valence-corrected chi connectivity index (χ1v) is 8.25. The van der Waals surface area contributed by atoms with Gasteiger partial charge in [0.1, 0.15) is 6.54 Å². The molecule has 0 bridgehead atoms. The molecule has 0 saturated carbocycles. The summed E-state index contributed by atoms with van der Waals surface area (Å²) in [5, 5.41) is 7.44. The zero-order chi connectivity index (χ0) is 18.7. The third kappa shape index (κ3) is 4.31. The number of anilines is 1. The van der Waals surface area contributed by atoms with Crippen molar-refractivity contribution in [2.24, 2.45) is 0 Å². The van der Waals surface area contributed by atoms with Gasteiger partial charge in [0.2, 0.25) is 11.9 Å². The fourth-order valence-electron chi connectivity index (χ4n) is 2.42. The van der Waals surface area contributed by atoms with Gasteiger partial charge in [-0.3, -0.25) is 14.9 Å². The van der Waals surface area contributed by atoms with Crippen LogP contribution in [0.3, 0.4) is 0 Å². The summed E-state index contributed by atoms with van der Waals surface area (Å²) in [4.78, 5) is 32.6. The normalized spacial score (nSPS) is 10.6. The van der Waals surface area contributed by atoms with Crippen molar-refractivity contribution < 1.29 is 4.79 Å². The maximum Gasteiger partial charge on any atom is 0.267 e. The summed E-state index contributed by atoms with van der Waals surface area (Å²) in [6.07, 6.45) is 0. The Balaban J connectivity index is 1.80. The molecule has 0 unspecified atom stereocenters. The second-order valence-electron chi connectivity index (χ2n) is 5.74. The molecule has 2 heterocycles. The van der Waals surface area contributed by atoms with Crippen LogP contribution in [-0.4, -0.2) is 25.7 Å². The Kier molecular flexibility index (Phi) is 5.09. The molecule has 1 amide bonds. The highest BCUT2D eigenvalue weighted by molar-refractivity contribution is 6.30. The number of benzene rings is 1. The van der Waals surface area contributed by atoms with Crippen LogP contribution in [0.4, 0.5) is 5.95 Å². The van der Waals surface area contributed by atoms with Crippen molar-refractivity contribution in [3.8, 4) is 11.3 Å². The summed E-state index contributed by atoms with van der Waals surface area (Å²) in [5.41, 5.74) is 2.47. The molecule has 0 spiro atoms. The van der Waals surface area contributed by atoms with Gasteiger partial charge in [-0.1, -0.05) is 23.7 Å². The van der Waals surface area contributed by atoms with E-state index in [1.165, 1.54) is 6.07 Å². The number of hydrogen-bond donors (Lipinski definition) is 1. The fourth-order valence-corrected chi connectivity index (χ4v) is 2.54. The number of halogens is 1. The molecule has 1 aromatic carbocycles. The topological polar surface area (TPSA) is 89.8 Å². The molecule has 3 aromatic rings. The smallest absolute Gasteiger partial charge is 0.267 e. The molecule has 0 fully saturated rings. The average Bonchev–Trinajstić information content (AvgIpc) is 2.56. The minimum absolute atomic E-state index is 0.203. The summed E-state index contributed by atoms with van der Waals surface area (Å²) in [7, 11) is 0. The van der Waals surface area contributed by atoms with Gasteiger partial charge >= 0.3 is 0 Å². The number of carbonyl (C=O) groups excluding carboxylic acids is 1. The average molecular weight is 370 g/mol. The van der Waals surface area contributed by atoms with Crippen LogP contribution < -0.4 is 10.9 Å². The van der Waals surface area contributed by atoms with E-state index in [4.69, 9.17) is 11.6 Å². The van der Waals surface area contributed by atoms with Crippen molar-refractivity contribution in [2.45, 2.75) is 20.4 Å². The lowest BCUT2D eigenvalue weighted by molar-refractivity contribution is -0.117. The van der Waals surface area contributed by atoms with E-state index < -0.39 is 5.91 Å². The first-order valence-electron chi connectivity index (χ1n) is 7.87. The van der Waals surface area contributed by atoms with Crippen LogP contribution in [-0.2, 0) is 11.3 Å². The predicted octanol–water partition coefficient (Wildman–Crippen LogP) is 2.61. The lowest BCUT2D eigenvalue weighted by Gasteiger charge is -2.08. The van der Waals surface area contributed by atoms with Gasteiger partial charge in [0, 0.05) is 28.0 Å². The first kappa shape index (κ1) is 17.8. The Morgan fingerprint density at radius 1 is 1.08 bits per heavy atom. The molecule has 2 aromatic heterocycles. The lowest BCUT2D eigenvalue weighted by Crippen LogP contribution is -2.29. The highest BCUT2D eigenvalue weighted by Gasteiger charge is 2.10. The number of hydrogen-bond acceptors (Lipinski definition) is 5. The Morgan fingerprint density at radius 3 is 2.38 bits per heavy atom. The number of aromatic nitrogens is 4. The number of carbonyl (C=O) groups is 1. The van der Waals surface area contributed by atoms with Crippen LogP contribution in [0.1, 0.15) is 11.4 Å². The monoisotopic (exact) mass is 369 g/mol. The van der Waals surface area contributed by atoms with E-state index in [1.54, 1.807) is 36.4 Å². The Bertz CT molecular complexity index is 995. The van der Waals surface area contributed by atoms with E-state index >= 15 is 0 Å². The molecular weight excluding hydrogens is 354 g/mol. The Morgan fingerprint density at radius 2 is 1.73 bits per heavy atom. The van der Waals surface area contributed by atoms with Crippen molar-refractivity contribution >= 4 is 23.5 Å². The minimum atomic E-state index is -0.433. The van der Waals surface area contributed by atoms with Crippen LogP contribution in [0.15, 0.2) is 47.3 Å². The third-order valence-electron chi connectivity index (χ3n) is 3.53. The van der Waals surface area contributed by atoms with Crippen molar-refractivity contribution in [3.63, 3.8) is 0 Å². The molecule has 0 aliphatic heterocycles. The van der Waals surface area contributed by atoms with Gasteiger partial charge in [0.05, 0.1) is 5.69 Å². The second kappa shape index (κ2) is 7.45. The predicted molar refractivity (Wildman–Crippen MR) is 99.1 cm³/mol. The van der Waals surface area contributed by atoms with Gasteiger partial charge < -0.3 is 0 Å². The van der Waals surface area contributed by atoms with E-state index in [0.29, 0.717) is 10.7 Å². The van der Waals surface area contributed by atoms with Crippen LogP contribution in [0.2, 0.25) is 5.02 Å². The molecule has 132 valence electrons. The Labute approximate surface area is 154 Å². The minimum Gasteiger partial charge on any atom is -0.293 e. The van der Waals surface area contributed by atoms with E-state index in [9.17, 15) is 9.59 Å². The number of aryl methyl sites for hydroxylation is 2. The molecule has 0 radical (unpaired) electrons. The molecule has 0 aliphatic rings. The molecule has 0 atom stereocenters. The van der Waals surface area contributed by atoms with Gasteiger partial charge in [0.15, 0.2) is 0 Å². The summed E-state index contributed by atoms with van der Waals surface area (Å²) in [6, 6.07) is 11.8. The zero-order valence-corrected chi connectivity index (χ0v) is 15.0. The standard InChI is InChI=1S/C18H16ClN5O2/c1-11-9-12(2)21-18(20-11)22-16(25)10-24-17(26)8-7-15(23-24)13-3-5-14(19)6-4-13/h3-9H,10H2,1-2H3,(H,20,21,22,25). The third-order valence-corrected chi connectivity index (χ3v) is 3.79. The van der Waals surface area contributed by atoms with Gasteiger partial charge in [-0.2, -0.15) is 5.10 Å². The molecule has 3 rings (SSSR count). The number of nitrogens with one attached hydrogen (secondary N) is 1. The Hall–Kier alpha value is -3.06. The zero-order valence-electron chi connectivity index (χ0n) is 14.2. The summed E-state index contributed by atoms with van der Waals surface area (Å²) in [6.45, 7) is 3.38. The van der Waals surface area contributed by atoms with Crippen molar-refractivity contribution in [2.75, 3.05) is 5.32 Å². The molecule has 0 aliphatic carbocycles. The molecular formula is C18H16ClN5O2. The van der Waals surface area contributed by atoms with E-state index in [0.717, 1.165) is 21.6 Å². The maximum absolute atomic E-state index is 12.2. The molecule has 26 heavy (non-hydrogen) atoms. The SMILES string of the molecule is Cc1cc(C)nc(NC(=O)Cn2nc(-c3ccc(Cl)cc3)ccc2=O)n1. The fraction of sp³-hybridized carbons (Fsp3) is 0.167. The highest BCUT2D eigenvalue weighted by Crippen LogP contribution is 2.18. The summed E-state index contributed by atoms with van der Waals surface area (Å²) in [5.74, 6) is -0.229. The largest absolute Gasteiger partial charge is 0.293 e. The number of amides is 1. The van der Waals surface area contributed by atoms with Crippen molar-refractivity contribution in [3.05, 3.63) is 69.2 Å². The van der Waals surface area contributed by atoms with Gasteiger partial charge in [-0.25, -0.2) is 14.6 Å².